The second-order valence-corrected chi connectivity index (χ2v) is 8.43. The highest BCUT2D eigenvalue weighted by molar-refractivity contribution is 6.39. The third-order valence-electron chi connectivity index (χ3n) is 5.61. The van der Waals surface area contributed by atoms with Crippen molar-refractivity contribution in [1.82, 2.24) is 5.32 Å². The van der Waals surface area contributed by atoms with Gasteiger partial charge in [-0.25, -0.2) is 9.69 Å². The van der Waals surface area contributed by atoms with Crippen molar-refractivity contribution in [1.29, 1.82) is 0 Å². The topological polar surface area (TPSA) is 128 Å². The van der Waals surface area contributed by atoms with Crippen LogP contribution in [0.4, 0.5) is 16.2 Å². The number of urea groups is 1. The average molecular weight is 501 g/mol. The van der Waals surface area contributed by atoms with Crippen LogP contribution in [0.3, 0.4) is 0 Å². The van der Waals surface area contributed by atoms with E-state index in [1.165, 1.54) is 25.3 Å². The van der Waals surface area contributed by atoms with Gasteiger partial charge in [-0.1, -0.05) is 12.1 Å². The highest BCUT2D eigenvalue weighted by atomic mass is 16.6. The molecule has 1 fully saturated rings. The van der Waals surface area contributed by atoms with Crippen LogP contribution in [0.2, 0.25) is 0 Å². The summed E-state index contributed by atoms with van der Waals surface area (Å²) in [4.78, 5) is 49.5. The van der Waals surface area contributed by atoms with Gasteiger partial charge in [0.1, 0.15) is 12.2 Å². The van der Waals surface area contributed by atoms with Crippen molar-refractivity contribution in [3.8, 4) is 11.5 Å². The number of barbiturate groups is 1. The molecule has 4 rings (SSSR count). The summed E-state index contributed by atoms with van der Waals surface area (Å²) in [6.07, 6.45) is 1.38. The maximum Gasteiger partial charge on any atom is 0.335 e. The van der Waals surface area contributed by atoms with E-state index in [0.29, 0.717) is 22.7 Å². The Morgan fingerprint density at radius 1 is 0.946 bits per heavy atom. The fraction of sp³-hybridized carbons (Fsp3) is 0.148. The van der Waals surface area contributed by atoms with Crippen molar-refractivity contribution in [3.05, 3.63) is 98.6 Å². The number of nitro benzene ring substituents is 1. The zero-order valence-electron chi connectivity index (χ0n) is 20.3. The first-order chi connectivity index (χ1) is 17.7. The van der Waals surface area contributed by atoms with Gasteiger partial charge in [-0.05, 0) is 78.6 Å². The predicted octanol–water partition coefficient (Wildman–Crippen LogP) is 4.47. The highest BCUT2D eigenvalue weighted by Crippen LogP contribution is 2.31. The molecular formula is C27H23N3O7. The molecule has 0 aromatic heterocycles. The Morgan fingerprint density at radius 3 is 2.24 bits per heavy atom. The van der Waals surface area contributed by atoms with Crippen molar-refractivity contribution >= 4 is 35.3 Å². The molecule has 4 amide bonds. The molecular weight excluding hydrogens is 478 g/mol. The molecule has 0 saturated carbocycles. The maximum absolute atomic E-state index is 13.2. The summed E-state index contributed by atoms with van der Waals surface area (Å²) in [5.74, 6) is -0.791. The largest absolute Gasteiger partial charge is 0.493 e. The van der Waals surface area contributed by atoms with Crippen molar-refractivity contribution < 1.29 is 28.8 Å². The van der Waals surface area contributed by atoms with E-state index in [1.807, 2.05) is 19.9 Å². The zero-order chi connectivity index (χ0) is 26.7. The number of nitro groups is 1. The van der Waals surface area contributed by atoms with Gasteiger partial charge >= 0.3 is 6.03 Å². The van der Waals surface area contributed by atoms with Crippen LogP contribution in [0, 0.1) is 24.0 Å². The van der Waals surface area contributed by atoms with Crippen LogP contribution in [0.15, 0.2) is 66.2 Å². The summed E-state index contributed by atoms with van der Waals surface area (Å²) >= 11 is 0. The molecule has 10 nitrogen and oxygen atoms in total. The summed E-state index contributed by atoms with van der Waals surface area (Å²) in [6, 6.07) is 15.3. The van der Waals surface area contributed by atoms with Gasteiger partial charge in [0.25, 0.3) is 17.5 Å². The summed E-state index contributed by atoms with van der Waals surface area (Å²) in [6.45, 7) is 3.84. The van der Waals surface area contributed by atoms with Gasteiger partial charge < -0.3 is 9.47 Å². The minimum Gasteiger partial charge on any atom is -0.493 e. The van der Waals surface area contributed by atoms with Gasteiger partial charge in [-0.15, -0.1) is 0 Å². The lowest BCUT2D eigenvalue weighted by Gasteiger charge is -2.27. The number of carbonyl (C=O) groups excluding carboxylic acids is 3. The Labute approximate surface area is 212 Å². The van der Waals surface area contributed by atoms with E-state index < -0.39 is 22.8 Å². The van der Waals surface area contributed by atoms with Crippen molar-refractivity contribution in [2.45, 2.75) is 20.5 Å². The number of nitrogens with one attached hydrogen (secondary N) is 1. The molecule has 0 aliphatic carbocycles. The Hall–Kier alpha value is -4.99. The van der Waals surface area contributed by atoms with E-state index >= 15 is 0 Å². The third-order valence-corrected chi connectivity index (χ3v) is 5.61. The fourth-order valence-corrected chi connectivity index (χ4v) is 3.91. The number of anilines is 1. The molecule has 10 heteroatoms. The quantitative estimate of drug-likeness (QED) is 0.219. The summed E-state index contributed by atoms with van der Waals surface area (Å²) < 4.78 is 11.2. The second-order valence-electron chi connectivity index (χ2n) is 8.43. The van der Waals surface area contributed by atoms with Crippen molar-refractivity contribution in [2.75, 3.05) is 12.0 Å². The van der Waals surface area contributed by atoms with Gasteiger partial charge in [-0.2, -0.15) is 0 Å². The van der Waals surface area contributed by atoms with Gasteiger partial charge in [0, 0.05) is 12.1 Å². The molecule has 1 saturated heterocycles. The van der Waals surface area contributed by atoms with E-state index in [9.17, 15) is 24.5 Å². The van der Waals surface area contributed by atoms with Crippen LogP contribution in [-0.2, 0) is 16.2 Å². The number of hydrogen-bond donors (Lipinski definition) is 1. The molecule has 37 heavy (non-hydrogen) atoms. The lowest BCUT2D eigenvalue weighted by atomic mass is 10.0. The Kier molecular flexibility index (Phi) is 7.01. The summed E-state index contributed by atoms with van der Waals surface area (Å²) in [7, 11) is 1.45. The number of ether oxygens (including phenoxy) is 2. The van der Waals surface area contributed by atoms with Crippen molar-refractivity contribution in [3.63, 3.8) is 0 Å². The van der Waals surface area contributed by atoms with Crippen molar-refractivity contribution in [2.24, 2.45) is 0 Å². The lowest BCUT2D eigenvalue weighted by Crippen LogP contribution is -2.54. The van der Waals surface area contributed by atoms with Crippen LogP contribution < -0.4 is 19.7 Å². The molecule has 1 aliphatic rings. The number of amides is 4. The van der Waals surface area contributed by atoms with Crippen LogP contribution in [0.1, 0.15) is 22.3 Å². The van der Waals surface area contributed by atoms with E-state index in [-0.39, 0.29) is 17.9 Å². The van der Waals surface area contributed by atoms with E-state index in [2.05, 4.69) is 5.32 Å². The number of methoxy groups -OCH3 is 1. The zero-order valence-corrected chi connectivity index (χ0v) is 20.3. The van der Waals surface area contributed by atoms with Gasteiger partial charge in [-0.3, -0.25) is 25.0 Å². The molecule has 0 spiro atoms. The number of benzene rings is 3. The highest BCUT2D eigenvalue weighted by Gasteiger charge is 2.37. The lowest BCUT2D eigenvalue weighted by molar-refractivity contribution is -0.384. The van der Waals surface area contributed by atoms with Gasteiger partial charge in [0.05, 0.1) is 17.7 Å². The molecule has 1 heterocycles. The Balaban J connectivity index is 1.57. The smallest absolute Gasteiger partial charge is 0.335 e. The number of imide groups is 2. The summed E-state index contributed by atoms with van der Waals surface area (Å²) in [5.41, 5.74) is 3.08. The fourth-order valence-electron chi connectivity index (χ4n) is 3.91. The Bertz CT molecular complexity index is 1420. The second kappa shape index (κ2) is 10.3. The predicted molar refractivity (Wildman–Crippen MR) is 135 cm³/mol. The van der Waals surface area contributed by atoms with E-state index in [1.54, 1.807) is 42.5 Å². The van der Waals surface area contributed by atoms with Crippen LogP contribution in [0.5, 0.6) is 11.5 Å². The van der Waals surface area contributed by atoms with E-state index in [4.69, 9.17) is 9.47 Å². The first-order valence-corrected chi connectivity index (χ1v) is 11.2. The number of non-ortho nitro benzene ring substituents is 1. The van der Waals surface area contributed by atoms with Crippen LogP contribution in [-0.4, -0.2) is 29.9 Å². The number of aryl methyl sites for hydroxylation is 2. The normalized spacial score (nSPS) is 14.5. The first-order valence-electron chi connectivity index (χ1n) is 11.2. The molecule has 1 N–H and O–H groups in total. The Morgan fingerprint density at radius 2 is 1.62 bits per heavy atom. The minimum absolute atomic E-state index is 0.0159. The molecule has 188 valence electrons. The molecule has 3 aromatic rings. The number of nitrogens with zero attached hydrogens (tertiary/aromatic N) is 2. The van der Waals surface area contributed by atoms with Gasteiger partial charge in [0.2, 0.25) is 0 Å². The number of carbonyl (C=O) groups is 3. The molecule has 1 aliphatic heterocycles. The third kappa shape index (κ3) is 5.48. The number of rotatable bonds is 7. The standard InChI is InChI=1S/C27H23N3O7/c1-16-10-17(2)12-21(11-16)29-26(32)22(25(31)28-27(29)33)13-19-6-9-23(24(14-19)36-3)37-15-18-4-7-20(8-5-18)30(34)35/h4-14H,15H2,1-3H3,(H,28,31,33)/b22-13+. The van der Waals surface area contributed by atoms with E-state index in [0.717, 1.165) is 21.6 Å². The van der Waals surface area contributed by atoms with Gasteiger partial charge in [0.15, 0.2) is 11.5 Å². The minimum atomic E-state index is -0.815. The molecule has 0 radical (unpaired) electrons. The van der Waals surface area contributed by atoms with Crippen LogP contribution >= 0.6 is 0 Å². The van der Waals surface area contributed by atoms with Crippen LogP contribution in [0.25, 0.3) is 6.08 Å². The first kappa shape index (κ1) is 25.1. The SMILES string of the molecule is COc1cc(/C=C2\C(=O)NC(=O)N(c3cc(C)cc(C)c3)C2=O)ccc1OCc1ccc([N+](=O)[O-])cc1. The molecule has 0 atom stereocenters. The monoisotopic (exact) mass is 501 g/mol. The molecule has 3 aromatic carbocycles. The summed E-state index contributed by atoms with van der Waals surface area (Å²) in [5, 5.41) is 13.0. The number of hydrogen-bond acceptors (Lipinski definition) is 7. The molecule has 0 bridgehead atoms. The average Bonchev–Trinajstić information content (AvgIpc) is 2.85. The molecule has 0 unspecified atom stereocenters. The maximum atomic E-state index is 13.2.